The highest BCUT2D eigenvalue weighted by atomic mass is 17.0. The molecule has 178 valence electrons. The van der Waals surface area contributed by atoms with Crippen molar-refractivity contribution in [2.45, 2.75) is 64.5 Å². The van der Waals surface area contributed by atoms with Gasteiger partial charge in [-0.15, -0.1) is 0 Å². The number of Topliss-reactive ketones (excluding diaryl/α,β-unsaturated/α-hetero) is 2. The predicted molar refractivity (Wildman–Crippen MR) is 120 cm³/mol. The van der Waals surface area contributed by atoms with Crippen LogP contribution in [-0.2, 0) is 45.1 Å². The van der Waals surface area contributed by atoms with E-state index < -0.39 is 51.3 Å². The van der Waals surface area contributed by atoms with Crippen LogP contribution in [0.3, 0.4) is 0 Å². The summed E-state index contributed by atoms with van der Waals surface area (Å²) in [4.78, 5) is 42.3. The summed E-state index contributed by atoms with van der Waals surface area (Å²) in [5, 5.41) is 0. The van der Waals surface area contributed by atoms with Gasteiger partial charge in [-0.1, -0.05) is 102 Å². The van der Waals surface area contributed by atoms with Crippen molar-refractivity contribution in [1.29, 1.82) is 0 Å². The van der Waals surface area contributed by atoms with E-state index in [0.717, 1.165) is 0 Å². The van der Waals surface area contributed by atoms with Crippen LogP contribution >= 0.6 is 0 Å². The Bertz CT molecular complexity index is 1190. The zero-order chi connectivity index (χ0) is 24.8. The van der Waals surface area contributed by atoms with Gasteiger partial charge in [0.05, 0.1) is 0 Å². The number of hydrogen-bond donors (Lipinski definition) is 0. The molecule has 3 saturated heterocycles. The molecule has 3 aliphatic rings. The number of carbonyl (C=O) groups is 3. The summed E-state index contributed by atoms with van der Waals surface area (Å²) in [5.41, 5.74) is -5.90. The molecule has 5 rings (SSSR count). The van der Waals surface area contributed by atoms with Crippen molar-refractivity contribution in [2.75, 3.05) is 0 Å². The molecule has 0 saturated carbocycles. The zero-order valence-electron chi connectivity index (χ0n) is 20.1. The van der Waals surface area contributed by atoms with Gasteiger partial charge in [-0.25, -0.2) is 4.79 Å². The van der Waals surface area contributed by atoms with Crippen LogP contribution < -0.4 is 0 Å². The van der Waals surface area contributed by atoms with E-state index >= 15 is 0 Å². The molecule has 0 N–H and O–H groups in total. The van der Waals surface area contributed by atoms with Gasteiger partial charge in [0.15, 0.2) is 11.6 Å². The van der Waals surface area contributed by atoms with E-state index in [1.807, 2.05) is 0 Å². The third-order valence-electron chi connectivity index (χ3n) is 6.62. The number of rotatable bonds is 4. The van der Waals surface area contributed by atoms with Gasteiger partial charge < -0.3 is 4.74 Å². The molecule has 3 heterocycles. The molecule has 34 heavy (non-hydrogen) atoms. The lowest BCUT2D eigenvalue weighted by Gasteiger charge is -2.44. The highest BCUT2D eigenvalue weighted by Crippen LogP contribution is 2.72. The summed E-state index contributed by atoms with van der Waals surface area (Å²) in [6, 6.07) is 17.3. The van der Waals surface area contributed by atoms with Crippen LogP contribution in [0, 0.1) is 10.8 Å². The van der Waals surface area contributed by atoms with Gasteiger partial charge in [0.25, 0.3) is 11.4 Å². The van der Waals surface area contributed by atoms with Gasteiger partial charge in [0.2, 0.25) is 5.60 Å². The zero-order valence-corrected chi connectivity index (χ0v) is 20.1. The van der Waals surface area contributed by atoms with Gasteiger partial charge in [0, 0.05) is 22.0 Å². The second-order valence-corrected chi connectivity index (χ2v) is 11.1. The summed E-state index contributed by atoms with van der Waals surface area (Å²) in [6.07, 6.45) is 0. The van der Waals surface area contributed by atoms with Crippen molar-refractivity contribution in [3.05, 3.63) is 71.8 Å². The van der Waals surface area contributed by atoms with Crippen molar-refractivity contribution in [1.82, 2.24) is 0 Å². The van der Waals surface area contributed by atoms with Crippen LogP contribution in [0.1, 0.15) is 52.7 Å². The van der Waals surface area contributed by atoms with Gasteiger partial charge in [-0.2, -0.15) is 0 Å². The summed E-state index contributed by atoms with van der Waals surface area (Å²) in [6.45, 7) is 10.1. The average molecular weight is 465 g/mol. The summed E-state index contributed by atoms with van der Waals surface area (Å²) >= 11 is 0. The highest BCUT2D eigenvalue weighted by molar-refractivity contribution is 6.19. The van der Waals surface area contributed by atoms with E-state index in [2.05, 4.69) is 0 Å². The van der Waals surface area contributed by atoms with Crippen LogP contribution in [0.15, 0.2) is 60.7 Å². The normalized spacial score (nSPS) is 34.2. The molecule has 0 spiro atoms. The Morgan fingerprint density at radius 2 is 1.18 bits per heavy atom. The lowest BCUT2D eigenvalue weighted by Crippen LogP contribution is -2.72. The summed E-state index contributed by atoms with van der Waals surface area (Å²) in [5.74, 6) is -6.16. The smallest absolute Gasteiger partial charge is 0.353 e. The van der Waals surface area contributed by atoms with Crippen LogP contribution in [-0.4, -0.2) is 28.7 Å². The molecule has 3 aliphatic heterocycles. The van der Waals surface area contributed by atoms with Crippen molar-refractivity contribution in [3.63, 3.8) is 0 Å². The quantitative estimate of drug-likeness (QED) is 0.499. The Kier molecular flexibility index (Phi) is 4.46. The van der Waals surface area contributed by atoms with Crippen molar-refractivity contribution in [2.24, 2.45) is 10.8 Å². The molecule has 7 heteroatoms. The Morgan fingerprint density at radius 3 is 1.68 bits per heavy atom. The fraction of sp³-hybridized carbons (Fsp3) is 0.444. The molecule has 0 unspecified atom stereocenters. The topological polar surface area (TPSA) is 88.1 Å². The third-order valence-corrected chi connectivity index (χ3v) is 6.62. The molecule has 2 aromatic carbocycles. The van der Waals surface area contributed by atoms with Crippen LogP contribution in [0.4, 0.5) is 0 Å². The third kappa shape index (κ3) is 2.49. The highest BCUT2D eigenvalue weighted by Gasteiger charge is 2.97. The van der Waals surface area contributed by atoms with Crippen molar-refractivity contribution < 1.29 is 33.3 Å². The number of ketones is 2. The number of benzene rings is 2. The molecule has 7 nitrogen and oxygen atoms in total. The minimum Gasteiger partial charge on any atom is -0.422 e. The number of hydrogen-bond acceptors (Lipinski definition) is 7. The van der Waals surface area contributed by atoms with Crippen molar-refractivity contribution in [3.8, 4) is 0 Å². The fourth-order valence-corrected chi connectivity index (χ4v) is 5.16. The second kappa shape index (κ2) is 6.62. The number of esters is 1. The van der Waals surface area contributed by atoms with Gasteiger partial charge in [-0.3, -0.25) is 23.8 Å². The first kappa shape index (κ1) is 22.9. The lowest BCUT2D eigenvalue weighted by molar-refractivity contribution is -0.374. The Hall–Kier alpha value is -2.87. The monoisotopic (exact) mass is 464 g/mol. The first-order valence-corrected chi connectivity index (χ1v) is 11.3. The van der Waals surface area contributed by atoms with Gasteiger partial charge in [-0.05, 0) is 0 Å². The predicted octanol–water partition coefficient (Wildman–Crippen LogP) is 3.99. The first-order chi connectivity index (χ1) is 15.8. The first-order valence-electron chi connectivity index (χ1n) is 11.3. The van der Waals surface area contributed by atoms with E-state index in [1.165, 1.54) is 0 Å². The standard InChI is InChI=1S/C27H28O7/c1-22(2,3)19(28)24-21(30)31-26(17-13-9-7-10-14-17)25(24,20(29)23(4,5)6)33-27(32-24,34-26)18-15-11-8-12-16-18/h7-16H,1-6H3/t24-,25+,26-,27-/m1/s1. The maximum Gasteiger partial charge on any atom is 0.353 e. The van der Waals surface area contributed by atoms with Gasteiger partial charge in [0.1, 0.15) is 0 Å². The molecule has 0 aromatic heterocycles. The minimum absolute atomic E-state index is 0.380. The SMILES string of the molecule is CC(C)(C)C(=O)[C@@]12O[C@@]3(c4ccccc4)O[C@@](c4ccccc4)(OC1=O)[C@@]2(C(=O)C(C)(C)C)O3. The lowest BCUT2D eigenvalue weighted by atomic mass is 9.62. The van der Waals surface area contributed by atoms with Crippen molar-refractivity contribution >= 4 is 17.5 Å². The fourth-order valence-electron chi connectivity index (χ4n) is 5.16. The van der Waals surface area contributed by atoms with E-state index in [4.69, 9.17) is 18.9 Å². The number of ether oxygens (including phenoxy) is 4. The molecule has 0 radical (unpaired) electrons. The molecule has 3 fully saturated rings. The molecule has 2 aromatic rings. The number of carbonyl (C=O) groups excluding carboxylic acids is 3. The molecule has 0 aliphatic carbocycles. The van der Waals surface area contributed by atoms with E-state index in [0.29, 0.717) is 11.1 Å². The second-order valence-electron chi connectivity index (χ2n) is 11.1. The summed E-state index contributed by atoms with van der Waals surface area (Å²) in [7, 11) is 0. The van der Waals surface area contributed by atoms with Crippen LogP contribution in [0.2, 0.25) is 0 Å². The van der Waals surface area contributed by atoms with Gasteiger partial charge >= 0.3 is 11.9 Å². The summed E-state index contributed by atoms with van der Waals surface area (Å²) < 4.78 is 25.1. The number of fused-ring (bicyclic) bond motifs is 1. The van der Waals surface area contributed by atoms with Crippen LogP contribution in [0.5, 0.6) is 0 Å². The molecular formula is C27H28O7. The average Bonchev–Trinajstić information content (AvgIpc) is 3.30. The van der Waals surface area contributed by atoms with E-state index in [-0.39, 0.29) is 0 Å². The largest absolute Gasteiger partial charge is 0.422 e. The molecule has 2 bridgehead atoms. The molecular weight excluding hydrogens is 436 g/mol. The maximum absolute atomic E-state index is 14.4. The van der Waals surface area contributed by atoms with E-state index in [9.17, 15) is 14.4 Å². The van der Waals surface area contributed by atoms with E-state index in [1.54, 1.807) is 102 Å². The molecule has 0 amide bonds. The Morgan fingerprint density at radius 1 is 0.676 bits per heavy atom. The molecule has 4 atom stereocenters. The minimum atomic E-state index is -2.36. The Balaban J connectivity index is 1.91. The maximum atomic E-state index is 14.4. The Labute approximate surface area is 198 Å². The van der Waals surface area contributed by atoms with Crippen LogP contribution in [0.25, 0.3) is 0 Å².